The third-order valence-corrected chi connectivity index (χ3v) is 4.30. The van der Waals surface area contributed by atoms with Gasteiger partial charge in [0.1, 0.15) is 13.2 Å². The predicted molar refractivity (Wildman–Crippen MR) is 97.6 cm³/mol. The van der Waals surface area contributed by atoms with Gasteiger partial charge in [-0.05, 0) is 30.3 Å². The Kier molecular flexibility index (Phi) is 5.04. The Balaban J connectivity index is 1.31. The molecule has 0 amide bonds. The lowest BCUT2D eigenvalue weighted by molar-refractivity contribution is 0.169. The Bertz CT molecular complexity index is 880. The van der Waals surface area contributed by atoms with Crippen molar-refractivity contribution in [3.8, 4) is 22.9 Å². The van der Waals surface area contributed by atoms with Crippen molar-refractivity contribution >= 4 is 11.6 Å². The topological polar surface area (TPSA) is 69.4 Å². The summed E-state index contributed by atoms with van der Waals surface area (Å²) < 4.78 is 16.6. The van der Waals surface area contributed by atoms with Crippen LogP contribution in [0.1, 0.15) is 11.5 Å². The molecule has 4 rings (SSSR count). The Labute approximate surface area is 156 Å². The molecule has 1 aliphatic rings. The van der Waals surface area contributed by atoms with Gasteiger partial charge in [-0.3, -0.25) is 0 Å². The third-order valence-electron chi connectivity index (χ3n) is 4.05. The number of ether oxygens (including phenoxy) is 2. The van der Waals surface area contributed by atoms with Crippen LogP contribution in [0.25, 0.3) is 11.4 Å². The molecule has 134 valence electrons. The van der Waals surface area contributed by atoms with Crippen LogP contribution in [0.3, 0.4) is 0 Å². The Hall–Kier alpha value is -2.57. The Morgan fingerprint density at radius 2 is 1.88 bits per heavy atom. The predicted octanol–water partition coefficient (Wildman–Crippen LogP) is 3.49. The Morgan fingerprint density at radius 3 is 2.77 bits per heavy atom. The zero-order valence-corrected chi connectivity index (χ0v) is 14.8. The minimum Gasteiger partial charge on any atom is -0.486 e. The van der Waals surface area contributed by atoms with Gasteiger partial charge in [0.25, 0.3) is 0 Å². The summed E-state index contributed by atoms with van der Waals surface area (Å²) in [5.74, 6) is 2.80. The summed E-state index contributed by atoms with van der Waals surface area (Å²) in [6.07, 6.45) is 0.646. The molecule has 0 spiro atoms. The SMILES string of the molecule is Clc1ccc(-c2noc(CCNCc3cccc4c3OCCO4)n2)cc1. The van der Waals surface area contributed by atoms with Crippen molar-refractivity contribution in [3.05, 3.63) is 58.9 Å². The zero-order valence-electron chi connectivity index (χ0n) is 14.1. The van der Waals surface area contributed by atoms with Crippen molar-refractivity contribution < 1.29 is 14.0 Å². The molecule has 0 saturated heterocycles. The van der Waals surface area contributed by atoms with Crippen LogP contribution in [0.15, 0.2) is 47.0 Å². The average Bonchev–Trinajstić information content (AvgIpc) is 3.15. The number of nitrogens with zero attached hydrogens (tertiary/aromatic N) is 2. The fraction of sp³-hybridized carbons (Fsp3) is 0.263. The molecular weight excluding hydrogens is 354 g/mol. The number of fused-ring (bicyclic) bond motifs is 1. The second kappa shape index (κ2) is 7.76. The minimum atomic E-state index is 0.569. The van der Waals surface area contributed by atoms with Crippen LogP contribution in [0.2, 0.25) is 5.02 Å². The van der Waals surface area contributed by atoms with Crippen molar-refractivity contribution in [2.45, 2.75) is 13.0 Å². The lowest BCUT2D eigenvalue weighted by atomic mass is 10.1. The standard InChI is InChI=1S/C19H18ClN3O3/c20-15-6-4-13(5-7-15)19-22-17(26-23-19)8-9-21-12-14-2-1-3-16-18(14)25-11-10-24-16/h1-7,21H,8-12H2. The number of aromatic nitrogens is 2. The van der Waals surface area contributed by atoms with Crippen molar-refractivity contribution in [2.24, 2.45) is 0 Å². The van der Waals surface area contributed by atoms with Crippen LogP contribution in [0, 0.1) is 0 Å². The highest BCUT2D eigenvalue weighted by Crippen LogP contribution is 2.33. The van der Waals surface area contributed by atoms with Gasteiger partial charge in [0.2, 0.25) is 11.7 Å². The largest absolute Gasteiger partial charge is 0.486 e. The highest BCUT2D eigenvalue weighted by atomic mass is 35.5. The minimum absolute atomic E-state index is 0.569. The quantitative estimate of drug-likeness (QED) is 0.669. The van der Waals surface area contributed by atoms with Crippen LogP contribution in [-0.4, -0.2) is 29.9 Å². The summed E-state index contributed by atoms with van der Waals surface area (Å²) in [5.41, 5.74) is 1.96. The number of rotatable bonds is 6. The van der Waals surface area contributed by atoms with Gasteiger partial charge in [-0.1, -0.05) is 28.9 Å². The molecule has 6 nitrogen and oxygen atoms in total. The van der Waals surface area contributed by atoms with Crippen LogP contribution in [0.5, 0.6) is 11.5 Å². The van der Waals surface area contributed by atoms with E-state index in [1.165, 1.54) is 0 Å². The lowest BCUT2D eigenvalue weighted by Crippen LogP contribution is -2.20. The van der Waals surface area contributed by atoms with Gasteiger partial charge >= 0.3 is 0 Å². The molecule has 0 bridgehead atoms. The van der Waals surface area contributed by atoms with E-state index in [0.717, 1.165) is 22.6 Å². The van der Waals surface area contributed by atoms with Crippen LogP contribution in [-0.2, 0) is 13.0 Å². The summed E-state index contributed by atoms with van der Waals surface area (Å²) in [6, 6.07) is 13.3. The van der Waals surface area contributed by atoms with E-state index < -0.39 is 0 Å². The molecule has 1 N–H and O–H groups in total. The maximum atomic E-state index is 5.89. The first-order valence-corrected chi connectivity index (χ1v) is 8.84. The van der Waals surface area contributed by atoms with Crippen LogP contribution in [0.4, 0.5) is 0 Å². The molecule has 0 aliphatic carbocycles. The van der Waals surface area contributed by atoms with Crippen molar-refractivity contribution in [1.82, 2.24) is 15.5 Å². The van der Waals surface area contributed by atoms with E-state index in [4.69, 9.17) is 25.6 Å². The third kappa shape index (κ3) is 3.81. The molecule has 0 atom stereocenters. The fourth-order valence-electron chi connectivity index (χ4n) is 2.76. The van der Waals surface area contributed by atoms with E-state index in [9.17, 15) is 0 Å². The molecule has 2 aromatic carbocycles. The maximum absolute atomic E-state index is 5.89. The van der Waals surface area contributed by atoms with Gasteiger partial charge in [-0.15, -0.1) is 0 Å². The van der Waals surface area contributed by atoms with Gasteiger partial charge in [0, 0.05) is 35.7 Å². The first-order chi connectivity index (χ1) is 12.8. The summed E-state index contributed by atoms with van der Waals surface area (Å²) in [6.45, 7) is 2.58. The van der Waals surface area contributed by atoms with Crippen molar-refractivity contribution in [3.63, 3.8) is 0 Å². The fourth-order valence-corrected chi connectivity index (χ4v) is 2.89. The summed E-state index contributed by atoms with van der Waals surface area (Å²) in [4.78, 5) is 4.42. The molecule has 0 fully saturated rings. The summed E-state index contributed by atoms with van der Waals surface area (Å²) in [7, 11) is 0. The van der Waals surface area contributed by atoms with Crippen molar-refractivity contribution in [1.29, 1.82) is 0 Å². The zero-order chi connectivity index (χ0) is 17.8. The molecule has 1 aromatic heterocycles. The molecular formula is C19H18ClN3O3. The van der Waals surface area contributed by atoms with Crippen LogP contribution >= 0.6 is 11.6 Å². The molecule has 0 saturated carbocycles. The Morgan fingerprint density at radius 1 is 1.04 bits per heavy atom. The van der Waals surface area contributed by atoms with Crippen molar-refractivity contribution in [2.75, 3.05) is 19.8 Å². The number of nitrogens with one attached hydrogen (secondary N) is 1. The summed E-state index contributed by atoms with van der Waals surface area (Å²) >= 11 is 5.89. The van der Waals surface area contributed by atoms with Gasteiger partial charge < -0.3 is 19.3 Å². The number of benzene rings is 2. The molecule has 0 radical (unpaired) electrons. The molecule has 7 heteroatoms. The first kappa shape index (κ1) is 16.9. The monoisotopic (exact) mass is 371 g/mol. The lowest BCUT2D eigenvalue weighted by Gasteiger charge is -2.21. The average molecular weight is 372 g/mol. The van der Waals surface area contributed by atoms with Crippen LogP contribution < -0.4 is 14.8 Å². The van der Waals surface area contributed by atoms with E-state index >= 15 is 0 Å². The van der Waals surface area contributed by atoms with E-state index in [2.05, 4.69) is 15.5 Å². The van der Waals surface area contributed by atoms with Gasteiger partial charge in [0.15, 0.2) is 11.5 Å². The van der Waals surface area contributed by atoms with E-state index in [-0.39, 0.29) is 0 Å². The second-order valence-corrected chi connectivity index (χ2v) is 6.32. The van der Waals surface area contributed by atoms with E-state index in [1.54, 1.807) is 12.1 Å². The number of hydrogen-bond donors (Lipinski definition) is 1. The molecule has 1 aliphatic heterocycles. The summed E-state index contributed by atoms with van der Waals surface area (Å²) in [5, 5.41) is 8.07. The molecule has 0 unspecified atom stereocenters. The second-order valence-electron chi connectivity index (χ2n) is 5.89. The normalized spacial score (nSPS) is 13.0. The number of halogens is 1. The van der Waals surface area contributed by atoms with E-state index in [0.29, 0.717) is 49.5 Å². The molecule has 3 aromatic rings. The van der Waals surface area contributed by atoms with Gasteiger partial charge in [-0.25, -0.2) is 0 Å². The smallest absolute Gasteiger partial charge is 0.228 e. The van der Waals surface area contributed by atoms with Gasteiger partial charge in [-0.2, -0.15) is 4.98 Å². The molecule has 26 heavy (non-hydrogen) atoms. The first-order valence-electron chi connectivity index (χ1n) is 8.46. The van der Waals surface area contributed by atoms with E-state index in [1.807, 2.05) is 30.3 Å². The van der Waals surface area contributed by atoms with Gasteiger partial charge in [0.05, 0.1) is 0 Å². The highest BCUT2D eigenvalue weighted by Gasteiger charge is 2.15. The highest BCUT2D eigenvalue weighted by molar-refractivity contribution is 6.30. The number of para-hydroxylation sites is 1. The molecule has 2 heterocycles. The number of hydrogen-bond acceptors (Lipinski definition) is 6. The maximum Gasteiger partial charge on any atom is 0.228 e.